The molecule has 1 rings (SSSR count). The molecule has 0 aromatic carbocycles. The first kappa shape index (κ1) is 11.0. The van der Waals surface area contributed by atoms with Gasteiger partial charge in [0.2, 0.25) is 5.91 Å². The van der Waals surface area contributed by atoms with E-state index in [1.807, 2.05) is 13.8 Å². The van der Waals surface area contributed by atoms with Crippen molar-refractivity contribution in [1.82, 2.24) is 5.32 Å². The molecule has 4 nitrogen and oxygen atoms in total. The van der Waals surface area contributed by atoms with Crippen molar-refractivity contribution in [3.05, 3.63) is 0 Å². The Labute approximate surface area is 84.0 Å². The van der Waals surface area contributed by atoms with Crippen molar-refractivity contribution < 1.29 is 14.3 Å². The first-order chi connectivity index (χ1) is 6.42. The minimum absolute atomic E-state index is 0.147. The second-order valence-corrected chi connectivity index (χ2v) is 4.17. The number of methoxy groups -OCH3 is 1. The van der Waals surface area contributed by atoms with E-state index in [9.17, 15) is 9.59 Å². The molecule has 0 unspecified atom stereocenters. The summed E-state index contributed by atoms with van der Waals surface area (Å²) in [6.07, 6.45) is 1.52. The molecular formula is C10H17NO3. The molecule has 1 fully saturated rings. The zero-order valence-electron chi connectivity index (χ0n) is 9.14. The minimum atomic E-state index is -0.775. The molecule has 0 aromatic heterocycles. The highest BCUT2D eigenvalue weighted by Crippen LogP contribution is 2.58. The van der Waals surface area contributed by atoms with Crippen LogP contribution in [0.4, 0.5) is 0 Å². The van der Waals surface area contributed by atoms with Crippen LogP contribution in [0.1, 0.15) is 33.6 Å². The van der Waals surface area contributed by atoms with E-state index in [0.717, 1.165) is 6.42 Å². The maximum atomic E-state index is 11.6. The fourth-order valence-corrected chi connectivity index (χ4v) is 2.01. The van der Waals surface area contributed by atoms with Crippen LogP contribution < -0.4 is 5.32 Å². The van der Waals surface area contributed by atoms with Gasteiger partial charge in [0.1, 0.15) is 5.54 Å². The second-order valence-electron chi connectivity index (χ2n) is 4.17. The monoisotopic (exact) mass is 199 g/mol. The van der Waals surface area contributed by atoms with Crippen LogP contribution in [0.5, 0.6) is 0 Å². The lowest BCUT2D eigenvalue weighted by molar-refractivity contribution is -0.147. The third kappa shape index (κ3) is 1.38. The SMILES string of the molecule is CC[C@@]1(C)C[C@]1(NC(C)=O)C(=O)OC. The largest absolute Gasteiger partial charge is 0.467 e. The van der Waals surface area contributed by atoms with E-state index in [-0.39, 0.29) is 17.3 Å². The summed E-state index contributed by atoms with van der Waals surface area (Å²) >= 11 is 0. The molecule has 0 heterocycles. The van der Waals surface area contributed by atoms with E-state index in [1.54, 1.807) is 0 Å². The summed E-state index contributed by atoms with van der Waals surface area (Å²) in [4.78, 5) is 22.6. The van der Waals surface area contributed by atoms with Gasteiger partial charge in [0.15, 0.2) is 0 Å². The molecule has 1 saturated carbocycles. The number of ether oxygens (including phenoxy) is 1. The Morgan fingerprint density at radius 1 is 1.50 bits per heavy atom. The van der Waals surface area contributed by atoms with Gasteiger partial charge in [-0.15, -0.1) is 0 Å². The van der Waals surface area contributed by atoms with E-state index in [1.165, 1.54) is 14.0 Å². The van der Waals surface area contributed by atoms with Gasteiger partial charge in [-0.3, -0.25) is 4.79 Å². The van der Waals surface area contributed by atoms with Gasteiger partial charge in [0.05, 0.1) is 7.11 Å². The first-order valence-corrected chi connectivity index (χ1v) is 4.79. The topological polar surface area (TPSA) is 55.4 Å². The highest BCUT2D eigenvalue weighted by molar-refractivity contribution is 5.91. The number of carbonyl (C=O) groups is 2. The van der Waals surface area contributed by atoms with Gasteiger partial charge in [-0.2, -0.15) is 0 Å². The summed E-state index contributed by atoms with van der Waals surface area (Å²) in [6, 6.07) is 0. The lowest BCUT2D eigenvalue weighted by Crippen LogP contribution is -2.46. The zero-order valence-corrected chi connectivity index (χ0v) is 9.14. The summed E-state index contributed by atoms with van der Waals surface area (Å²) in [7, 11) is 1.35. The summed E-state index contributed by atoms with van der Waals surface area (Å²) in [5, 5.41) is 2.71. The Morgan fingerprint density at radius 3 is 2.36 bits per heavy atom. The van der Waals surface area contributed by atoms with Crippen molar-refractivity contribution in [1.29, 1.82) is 0 Å². The maximum absolute atomic E-state index is 11.6. The quantitative estimate of drug-likeness (QED) is 0.686. The Kier molecular flexibility index (Phi) is 2.56. The predicted molar refractivity (Wildman–Crippen MR) is 51.6 cm³/mol. The van der Waals surface area contributed by atoms with Gasteiger partial charge < -0.3 is 10.1 Å². The van der Waals surface area contributed by atoms with Gasteiger partial charge in [-0.25, -0.2) is 4.79 Å². The highest BCUT2D eigenvalue weighted by Gasteiger charge is 2.69. The van der Waals surface area contributed by atoms with Crippen LogP contribution in [0.25, 0.3) is 0 Å². The van der Waals surface area contributed by atoms with Crippen LogP contribution in [0.3, 0.4) is 0 Å². The highest BCUT2D eigenvalue weighted by atomic mass is 16.5. The number of rotatable bonds is 3. The lowest BCUT2D eigenvalue weighted by Gasteiger charge is -2.20. The molecule has 1 aliphatic rings. The zero-order chi connectivity index (χ0) is 11.0. The van der Waals surface area contributed by atoms with Gasteiger partial charge in [-0.1, -0.05) is 13.8 Å². The number of amides is 1. The average molecular weight is 199 g/mol. The summed E-state index contributed by atoms with van der Waals surface area (Å²) < 4.78 is 4.72. The molecule has 14 heavy (non-hydrogen) atoms. The molecular weight excluding hydrogens is 182 g/mol. The predicted octanol–water partition coefficient (Wildman–Crippen LogP) is 0.854. The summed E-state index contributed by atoms with van der Waals surface area (Å²) in [5.74, 6) is -0.523. The number of esters is 1. The molecule has 0 spiro atoms. The first-order valence-electron chi connectivity index (χ1n) is 4.79. The summed E-state index contributed by atoms with van der Waals surface area (Å²) in [6.45, 7) is 5.41. The average Bonchev–Trinajstić information content (AvgIpc) is 2.71. The van der Waals surface area contributed by atoms with Crippen LogP contribution in [-0.2, 0) is 14.3 Å². The third-order valence-electron chi connectivity index (χ3n) is 3.26. The minimum Gasteiger partial charge on any atom is -0.467 e. The van der Waals surface area contributed by atoms with Crippen molar-refractivity contribution in [2.45, 2.75) is 39.2 Å². The lowest BCUT2D eigenvalue weighted by atomic mass is 9.99. The van der Waals surface area contributed by atoms with E-state index in [0.29, 0.717) is 6.42 Å². The molecule has 80 valence electrons. The number of hydrogen-bond acceptors (Lipinski definition) is 3. The Bertz CT molecular complexity index is 277. The smallest absolute Gasteiger partial charge is 0.332 e. The fraction of sp³-hybridized carbons (Fsp3) is 0.800. The van der Waals surface area contributed by atoms with Crippen LogP contribution in [0.15, 0.2) is 0 Å². The van der Waals surface area contributed by atoms with Gasteiger partial charge >= 0.3 is 5.97 Å². The molecule has 0 bridgehead atoms. The van der Waals surface area contributed by atoms with Crippen molar-refractivity contribution >= 4 is 11.9 Å². The van der Waals surface area contributed by atoms with Crippen molar-refractivity contribution in [2.24, 2.45) is 5.41 Å². The summed E-state index contributed by atoms with van der Waals surface area (Å²) in [5.41, 5.74) is -0.923. The van der Waals surface area contributed by atoms with Crippen molar-refractivity contribution in [3.63, 3.8) is 0 Å². The molecule has 2 atom stereocenters. The van der Waals surface area contributed by atoms with Crippen LogP contribution >= 0.6 is 0 Å². The Morgan fingerprint density at radius 2 is 2.07 bits per heavy atom. The van der Waals surface area contributed by atoms with Crippen LogP contribution in [0.2, 0.25) is 0 Å². The van der Waals surface area contributed by atoms with Gasteiger partial charge in [0.25, 0.3) is 0 Å². The standard InChI is InChI=1S/C10H17NO3/c1-5-9(3)6-10(9,8(13)14-4)11-7(2)12/h5-6H2,1-4H3,(H,11,12)/t9-,10-/m0/s1. The Hall–Kier alpha value is -1.06. The molecule has 4 heteroatoms. The molecule has 0 saturated heterocycles. The van der Waals surface area contributed by atoms with E-state index >= 15 is 0 Å². The molecule has 1 N–H and O–H groups in total. The van der Waals surface area contributed by atoms with Crippen molar-refractivity contribution in [3.8, 4) is 0 Å². The van der Waals surface area contributed by atoms with Crippen LogP contribution in [0, 0.1) is 5.41 Å². The molecule has 1 aliphatic carbocycles. The third-order valence-corrected chi connectivity index (χ3v) is 3.26. The maximum Gasteiger partial charge on any atom is 0.332 e. The molecule has 0 radical (unpaired) electrons. The fourth-order valence-electron chi connectivity index (χ4n) is 2.01. The molecule has 0 aromatic rings. The normalized spacial score (nSPS) is 34.9. The van der Waals surface area contributed by atoms with Crippen LogP contribution in [-0.4, -0.2) is 24.5 Å². The van der Waals surface area contributed by atoms with E-state index in [4.69, 9.17) is 4.74 Å². The van der Waals surface area contributed by atoms with Gasteiger partial charge in [-0.05, 0) is 12.8 Å². The number of nitrogens with one attached hydrogen (secondary N) is 1. The Balaban J connectivity index is 2.86. The molecule has 1 amide bonds. The van der Waals surface area contributed by atoms with Crippen molar-refractivity contribution in [2.75, 3.05) is 7.11 Å². The number of hydrogen-bond donors (Lipinski definition) is 1. The van der Waals surface area contributed by atoms with E-state index in [2.05, 4.69) is 5.32 Å². The van der Waals surface area contributed by atoms with E-state index < -0.39 is 5.54 Å². The van der Waals surface area contributed by atoms with Gasteiger partial charge in [0, 0.05) is 12.3 Å². The molecule has 0 aliphatic heterocycles. The number of carbonyl (C=O) groups excluding carboxylic acids is 2. The second kappa shape index (κ2) is 3.26.